The highest BCUT2D eigenvalue weighted by atomic mass is 32.1. The number of anilines is 1. The molecule has 4 aromatic rings. The fourth-order valence-corrected chi connectivity index (χ4v) is 4.61. The monoisotopic (exact) mass is 450 g/mol. The van der Waals surface area contributed by atoms with Crippen LogP contribution in [-0.4, -0.2) is 26.7 Å². The second-order valence-electron chi connectivity index (χ2n) is 7.19. The van der Waals surface area contributed by atoms with Crippen molar-refractivity contribution in [1.82, 2.24) is 14.1 Å². The van der Waals surface area contributed by atoms with E-state index in [0.717, 1.165) is 5.56 Å². The van der Waals surface area contributed by atoms with E-state index in [-0.39, 0.29) is 19.0 Å². The van der Waals surface area contributed by atoms with Gasteiger partial charge in [0, 0.05) is 30.4 Å². The van der Waals surface area contributed by atoms with E-state index >= 15 is 0 Å². The summed E-state index contributed by atoms with van der Waals surface area (Å²) in [5.41, 5.74) is 7.35. The van der Waals surface area contributed by atoms with Crippen molar-refractivity contribution in [2.45, 2.75) is 26.4 Å². The molecule has 0 amide bonds. The third kappa shape index (κ3) is 4.19. The summed E-state index contributed by atoms with van der Waals surface area (Å²) in [5.74, 6) is -0.253. The van der Waals surface area contributed by atoms with Crippen LogP contribution in [-0.2, 0) is 24.2 Å². The van der Waals surface area contributed by atoms with Crippen molar-refractivity contribution in [3.63, 3.8) is 0 Å². The zero-order valence-electron chi connectivity index (χ0n) is 17.5. The molecule has 32 heavy (non-hydrogen) atoms. The van der Waals surface area contributed by atoms with Gasteiger partial charge in [-0.1, -0.05) is 30.3 Å². The van der Waals surface area contributed by atoms with E-state index in [1.807, 2.05) is 30.3 Å². The molecular weight excluding hydrogens is 428 g/mol. The Morgan fingerprint density at radius 2 is 1.97 bits per heavy atom. The number of carbonyl (C=O) groups excluding carboxylic acids is 1. The van der Waals surface area contributed by atoms with E-state index in [0.29, 0.717) is 34.2 Å². The number of aromatic nitrogens is 3. The Kier molecular flexibility index (Phi) is 6.18. The Labute approximate surface area is 187 Å². The molecule has 0 atom stereocenters. The average molecular weight is 451 g/mol. The number of nitrogens with two attached hydrogens (primary N) is 1. The van der Waals surface area contributed by atoms with Gasteiger partial charge in [0.25, 0.3) is 5.56 Å². The van der Waals surface area contributed by atoms with Crippen LogP contribution in [0.25, 0.3) is 10.1 Å². The molecule has 3 heterocycles. The molecule has 164 valence electrons. The molecule has 0 aliphatic heterocycles. The molecule has 0 saturated carbocycles. The van der Waals surface area contributed by atoms with Gasteiger partial charge in [-0.2, -0.15) is 0 Å². The first-order chi connectivity index (χ1) is 15.5. The maximum absolute atomic E-state index is 13.0. The number of nitrogens with zero attached hydrogens (tertiary/aromatic N) is 3. The van der Waals surface area contributed by atoms with Crippen LogP contribution >= 0.6 is 11.3 Å². The van der Waals surface area contributed by atoms with Gasteiger partial charge in [0.1, 0.15) is 5.82 Å². The van der Waals surface area contributed by atoms with E-state index in [9.17, 15) is 14.4 Å². The third-order valence-electron chi connectivity index (χ3n) is 5.15. The van der Waals surface area contributed by atoms with E-state index < -0.39 is 17.2 Å². The van der Waals surface area contributed by atoms with Crippen LogP contribution in [0.4, 0.5) is 5.82 Å². The summed E-state index contributed by atoms with van der Waals surface area (Å²) in [7, 11) is 0. The molecule has 0 spiro atoms. The number of fused-ring (bicyclic) bond motifs is 1. The predicted molar refractivity (Wildman–Crippen MR) is 124 cm³/mol. The van der Waals surface area contributed by atoms with Gasteiger partial charge < -0.3 is 15.0 Å². The number of esters is 1. The first-order valence-electron chi connectivity index (χ1n) is 10.2. The standard InChI is InChI=1S/C23H22N4O4S/c1-2-31-22(29)17-12-25-21(24)19-16(14-32-20(17)19)13-27-18(28)9-11-26(23(27)30)10-8-15-6-4-3-5-7-15/h3-7,9,11-12,14H,2,8,10,13H2,1H3,(H2,24,25). The molecule has 8 nitrogen and oxygen atoms in total. The van der Waals surface area contributed by atoms with E-state index in [2.05, 4.69) is 4.98 Å². The smallest absolute Gasteiger partial charge is 0.341 e. The van der Waals surface area contributed by atoms with Gasteiger partial charge in [-0.05, 0) is 29.9 Å². The number of nitrogen functional groups attached to an aromatic ring is 1. The van der Waals surface area contributed by atoms with Gasteiger partial charge in [0.15, 0.2) is 0 Å². The first kappa shape index (κ1) is 21.5. The SMILES string of the molecule is CCOC(=O)c1cnc(N)c2c(Cn3c(=O)ccn(CCc4ccccc4)c3=O)csc12. The van der Waals surface area contributed by atoms with E-state index in [1.165, 1.54) is 38.9 Å². The zero-order valence-corrected chi connectivity index (χ0v) is 18.3. The highest BCUT2D eigenvalue weighted by molar-refractivity contribution is 7.17. The minimum Gasteiger partial charge on any atom is -0.462 e. The van der Waals surface area contributed by atoms with Gasteiger partial charge in [-0.15, -0.1) is 11.3 Å². The average Bonchev–Trinajstić information content (AvgIpc) is 3.22. The molecule has 0 unspecified atom stereocenters. The molecule has 0 aliphatic rings. The lowest BCUT2D eigenvalue weighted by Gasteiger charge is -2.10. The third-order valence-corrected chi connectivity index (χ3v) is 6.21. The molecule has 0 radical (unpaired) electrons. The number of rotatable bonds is 7. The Hall–Kier alpha value is -3.72. The molecule has 1 aromatic carbocycles. The zero-order chi connectivity index (χ0) is 22.7. The largest absolute Gasteiger partial charge is 0.462 e. The number of hydrogen-bond donors (Lipinski definition) is 1. The molecular formula is C23H22N4O4S. The van der Waals surface area contributed by atoms with Gasteiger partial charge >= 0.3 is 11.7 Å². The van der Waals surface area contributed by atoms with Crippen molar-refractivity contribution in [3.8, 4) is 0 Å². The molecule has 4 rings (SSSR count). The van der Waals surface area contributed by atoms with Crippen molar-refractivity contribution in [2.75, 3.05) is 12.3 Å². The Balaban J connectivity index is 1.68. The predicted octanol–water partition coefficient (Wildman–Crippen LogP) is 2.67. The number of ether oxygens (including phenoxy) is 1. The molecule has 0 fully saturated rings. The van der Waals surface area contributed by atoms with Gasteiger partial charge in [-0.25, -0.2) is 14.6 Å². The van der Waals surface area contributed by atoms with Crippen LogP contribution in [0.5, 0.6) is 0 Å². The minimum atomic E-state index is -0.487. The maximum atomic E-state index is 13.0. The van der Waals surface area contributed by atoms with Crippen molar-refractivity contribution in [1.29, 1.82) is 0 Å². The number of pyridine rings is 1. The molecule has 0 aliphatic carbocycles. The van der Waals surface area contributed by atoms with E-state index in [4.69, 9.17) is 10.5 Å². The summed E-state index contributed by atoms with van der Waals surface area (Å²) in [6.45, 7) is 2.45. The highest BCUT2D eigenvalue weighted by Gasteiger charge is 2.19. The highest BCUT2D eigenvalue weighted by Crippen LogP contribution is 2.33. The summed E-state index contributed by atoms with van der Waals surface area (Å²) in [5, 5.41) is 2.35. The number of thiophene rings is 1. The number of carbonyl (C=O) groups is 1. The molecule has 0 saturated heterocycles. The fourth-order valence-electron chi connectivity index (χ4n) is 3.54. The summed E-state index contributed by atoms with van der Waals surface area (Å²) in [6, 6.07) is 11.2. The lowest BCUT2D eigenvalue weighted by Crippen LogP contribution is -2.39. The van der Waals surface area contributed by atoms with Gasteiger partial charge in [0.2, 0.25) is 0 Å². The van der Waals surface area contributed by atoms with Crippen molar-refractivity contribution in [2.24, 2.45) is 0 Å². The lowest BCUT2D eigenvalue weighted by atomic mass is 10.1. The van der Waals surface area contributed by atoms with Crippen LogP contribution in [0, 0.1) is 0 Å². The van der Waals surface area contributed by atoms with Crippen LogP contribution in [0.15, 0.2) is 63.8 Å². The minimum absolute atomic E-state index is 0.0298. The van der Waals surface area contributed by atoms with Gasteiger partial charge in [0.05, 0.1) is 23.4 Å². The van der Waals surface area contributed by atoms with Gasteiger partial charge in [-0.3, -0.25) is 9.36 Å². The Morgan fingerprint density at radius 1 is 1.19 bits per heavy atom. The van der Waals surface area contributed by atoms with Crippen molar-refractivity contribution >= 4 is 33.2 Å². The molecule has 2 N–H and O–H groups in total. The Bertz CT molecular complexity index is 1390. The summed E-state index contributed by atoms with van der Waals surface area (Å²) in [4.78, 5) is 41.9. The first-order valence-corrected chi connectivity index (χ1v) is 11.0. The van der Waals surface area contributed by atoms with Crippen LogP contribution in [0.3, 0.4) is 0 Å². The molecule has 9 heteroatoms. The molecule has 3 aromatic heterocycles. The quantitative estimate of drug-likeness (QED) is 0.434. The maximum Gasteiger partial charge on any atom is 0.341 e. The number of hydrogen-bond acceptors (Lipinski definition) is 7. The topological polar surface area (TPSA) is 109 Å². The van der Waals surface area contributed by atoms with Crippen LogP contribution in [0.1, 0.15) is 28.4 Å². The summed E-state index contributed by atoms with van der Waals surface area (Å²) < 4.78 is 8.42. The lowest BCUT2D eigenvalue weighted by molar-refractivity contribution is 0.0528. The number of benzene rings is 1. The van der Waals surface area contributed by atoms with Crippen molar-refractivity contribution < 1.29 is 9.53 Å². The second-order valence-corrected chi connectivity index (χ2v) is 8.07. The fraction of sp³-hybridized carbons (Fsp3) is 0.217. The van der Waals surface area contributed by atoms with Crippen LogP contribution < -0.4 is 17.0 Å². The normalized spacial score (nSPS) is 11.0. The molecule has 0 bridgehead atoms. The Morgan fingerprint density at radius 3 is 2.72 bits per heavy atom. The second kappa shape index (κ2) is 9.19. The summed E-state index contributed by atoms with van der Waals surface area (Å²) in [6.07, 6.45) is 3.58. The van der Waals surface area contributed by atoms with Crippen LogP contribution in [0.2, 0.25) is 0 Å². The summed E-state index contributed by atoms with van der Waals surface area (Å²) >= 11 is 1.31. The van der Waals surface area contributed by atoms with Crippen molar-refractivity contribution in [3.05, 3.63) is 91.7 Å². The number of aryl methyl sites for hydroxylation is 2. The van der Waals surface area contributed by atoms with E-state index in [1.54, 1.807) is 12.3 Å².